The molecule has 0 N–H and O–H groups in total. The van der Waals surface area contributed by atoms with E-state index in [1.165, 1.54) is 14.0 Å². The maximum Gasteiger partial charge on any atom is 0.329 e. The minimum absolute atomic E-state index is 0.0781. The van der Waals surface area contributed by atoms with Crippen LogP contribution in [0.15, 0.2) is 36.4 Å². The molecule has 2 amide bonds. The molecule has 2 aliphatic carbocycles. The number of nitrogens with zero attached hydrogens (tertiary/aromatic N) is 1. The van der Waals surface area contributed by atoms with Crippen molar-refractivity contribution in [2.24, 2.45) is 23.7 Å². The SMILES string of the molecule is COc1cccc(C(=O)COC(=O)[C@@H](C)N2C(=O)[C@@H]3[C@@H](C2=O)[C@H]2C=C[C@H]3C2)c1. The number of methoxy groups -OCH3 is 1. The van der Waals surface area contributed by atoms with E-state index in [0.717, 1.165) is 11.3 Å². The Morgan fingerprint density at radius 1 is 1.14 bits per heavy atom. The van der Waals surface area contributed by atoms with Crippen molar-refractivity contribution in [2.45, 2.75) is 19.4 Å². The second-order valence-electron chi connectivity index (χ2n) is 7.49. The third-order valence-corrected chi connectivity index (χ3v) is 5.97. The van der Waals surface area contributed by atoms with Gasteiger partial charge in [0.2, 0.25) is 11.8 Å². The van der Waals surface area contributed by atoms with Crippen molar-refractivity contribution in [1.29, 1.82) is 0 Å². The molecular formula is C21H21NO6. The lowest BCUT2D eigenvalue weighted by atomic mass is 9.85. The molecular weight excluding hydrogens is 362 g/mol. The van der Waals surface area contributed by atoms with Crippen molar-refractivity contribution in [3.8, 4) is 5.75 Å². The van der Waals surface area contributed by atoms with Gasteiger partial charge in [0.15, 0.2) is 12.4 Å². The first-order chi connectivity index (χ1) is 13.4. The summed E-state index contributed by atoms with van der Waals surface area (Å²) in [5, 5.41) is 0. The first-order valence-electron chi connectivity index (χ1n) is 9.31. The summed E-state index contributed by atoms with van der Waals surface area (Å²) in [6.45, 7) is 0.997. The first kappa shape index (κ1) is 18.4. The van der Waals surface area contributed by atoms with Gasteiger partial charge in [-0.25, -0.2) is 4.79 Å². The molecule has 1 heterocycles. The van der Waals surface area contributed by atoms with Gasteiger partial charge in [0, 0.05) is 5.56 Å². The number of hydrogen-bond donors (Lipinski definition) is 0. The van der Waals surface area contributed by atoms with E-state index < -0.39 is 24.4 Å². The highest BCUT2D eigenvalue weighted by atomic mass is 16.5. The van der Waals surface area contributed by atoms with Crippen molar-refractivity contribution >= 4 is 23.6 Å². The molecule has 4 rings (SSSR count). The number of ether oxygens (including phenoxy) is 2. The molecule has 5 atom stereocenters. The number of ketones is 1. The van der Waals surface area contributed by atoms with E-state index in [9.17, 15) is 19.2 Å². The number of fused-ring (bicyclic) bond motifs is 5. The highest BCUT2D eigenvalue weighted by Gasteiger charge is 2.60. The lowest BCUT2D eigenvalue weighted by molar-refractivity contribution is -0.157. The maximum absolute atomic E-state index is 12.7. The lowest BCUT2D eigenvalue weighted by Crippen LogP contribution is -2.45. The average molecular weight is 383 g/mol. The minimum Gasteiger partial charge on any atom is -0.497 e. The lowest BCUT2D eigenvalue weighted by Gasteiger charge is -2.23. The fourth-order valence-electron chi connectivity index (χ4n) is 4.55. The van der Waals surface area contributed by atoms with Crippen LogP contribution in [-0.4, -0.2) is 48.2 Å². The summed E-state index contributed by atoms with van der Waals surface area (Å²) < 4.78 is 10.2. The summed E-state index contributed by atoms with van der Waals surface area (Å²) in [5.74, 6) is -1.83. The third-order valence-electron chi connectivity index (χ3n) is 5.97. The molecule has 3 aliphatic rings. The van der Waals surface area contributed by atoms with E-state index in [1.54, 1.807) is 24.3 Å². The predicted octanol–water partition coefficient (Wildman–Crippen LogP) is 1.62. The van der Waals surface area contributed by atoms with Crippen molar-refractivity contribution in [3.05, 3.63) is 42.0 Å². The number of rotatable bonds is 6. The molecule has 1 aromatic carbocycles. The van der Waals surface area contributed by atoms with E-state index in [4.69, 9.17) is 9.47 Å². The van der Waals surface area contributed by atoms with Gasteiger partial charge < -0.3 is 9.47 Å². The molecule has 28 heavy (non-hydrogen) atoms. The second kappa shape index (κ2) is 6.89. The Labute approximate surface area is 162 Å². The molecule has 2 fully saturated rings. The number of benzene rings is 1. The molecule has 1 aliphatic heterocycles. The van der Waals surface area contributed by atoms with Gasteiger partial charge in [-0.1, -0.05) is 24.3 Å². The smallest absolute Gasteiger partial charge is 0.329 e. The topological polar surface area (TPSA) is 90.0 Å². The third kappa shape index (κ3) is 2.82. The number of allylic oxidation sites excluding steroid dienone is 2. The van der Waals surface area contributed by atoms with E-state index >= 15 is 0 Å². The molecule has 146 valence electrons. The number of hydrogen-bond acceptors (Lipinski definition) is 6. The molecule has 1 saturated heterocycles. The Morgan fingerprint density at radius 3 is 2.39 bits per heavy atom. The van der Waals surface area contributed by atoms with Crippen LogP contribution in [0.4, 0.5) is 0 Å². The van der Waals surface area contributed by atoms with Gasteiger partial charge in [0.1, 0.15) is 11.8 Å². The van der Waals surface area contributed by atoms with Crippen LogP contribution in [0.3, 0.4) is 0 Å². The van der Waals surface area contributed by atoms with Crippen LogP contribution < -0.4 is 4.74 Å². The molecule has 0 unspecified atom stereocenters. The normalized spacial score (nSPS) is 28.4. The van der Waals surface area contributed by atoms with E-state index in [1.807, 2.05) is 12.2 Å². The standard InChI is InChI=1S/C21H21NO6/c1-11(21(26)28-10-16(23)12-4-3-5-15(9-12)27-2)22-19(24)17-13-6-7-14(8-13)18(17)20(22)25/h3-7,9,11,13-14,17-18H,8,10H2,1-2H3/t11-,13+,14+,17+,18+/m1/s1. The summed E-state index contributed by atoms with van der Waals surface area (Å²) in [7, 11) is 1.49. The molecule has 1 aromatic rings. The summed E-state index contributed by atoms with van der Waals surface area (Å²) in [6, 6.07) is 5.47. The van der Waals surface area contributed by atoms with Crippen LogP contribution in [0.25, 0.3) is 0 Å². The van der Waals surface area contributed by atoms with E-state index in [-0.39, 0.29) is 35.5 Å². The monoisotopic (exact) mass is 383 g/mol. The number of likely N-dealkylation sites (tertiary alicyclic amines) is 1. The Balaban J connectivity index is 1.39. The quantitative estimate of drug-likeness (QED) is 0.321. The van der Waals surface area contributed by atoms with Crippen LogP contribution >= 0.6 is 0 Å². The fourth-order valence-corrected chi connectivity index (χ4v) is 4.55. The summed E-state index contributed by atoms with van der Waals surface area (Å²) in [4.78, 5) is 51.2. The molecule has 0 aromatic heterocycles. The first-order valence-corrected chi connectivity index (χ1v) is 9.31. The predicted molar refractivity (Wildman–Crippen MR) is 97.3 cm³/mol. The summed E-state index contributed by atoms with van der Waals surface area (Å²) in [6.07, 6.45) is 4.82. The number of Topliss-reactive ketones (excluding diaryl/α,β-unsaturated/α-hetero) is 1. The number of carbonyl (C=O) groups is 4. The summed E-state index contributed by atoms with van der Waals surface area (Å²) >= 11 is 0. The highest BCUT2D eigenvalue weighted by Crippen LogP contribution is 2.52. The largest absolute Gasteiger partial charge is 0.497 e. The van der Waals surface area contributed by atoms with Gasteiger partial charge in [-0.2, -0.15) is 0 Å². The van der Waals surface area contributed by atoms with Crippen molar-refractivity contribution in [1.82, 2.24) is 4.90 Å². The second-order valence-corrected chi connectivity index (χ2v) is 7.49. The number of amides is 2. The van der Waals surface area contributed by atoms with E-state index in [0.29, 0.717) is 11.3 Å². The molecule has 7 nitrogen and oxygen atoms in total. The van der Waals surface area contributed by atoms with Crippen molar-refractivity contribution < 1.29 is 28.7 Å². The van der Waals surface area contributed by atoms with Gasteiger partial charge in [-0.05, 0) is 37.3 Å². The van der Waals surface area contributed by atoms with Gasteiger partial charge in [0.05, 0.1) is 18.9 Å². The van der Waals surface area contributed by atoms with Crippen LogP contribution in [0.5, 0.6) is 5.75 Å². The highest BCUT2D eigenvalue weighted by molar-refractivity contribution is 6.09. The molecule has 0 spiro atoms. The van der Waals surface area contributed by atoms with Gasteiger partial charge in [-0.3, -0.25) is 19.3 Å². The molecule has 2 bridgehead atoms. The van der Waals surface area contributed by atoms with Crippen LogP contribution in [-0.2, 0) is 19.1 Å². The van der Waals surface area contributed by atoms with Crippen molar-refractivity contribution in [3.63, 3.8) is 0 Å². The zero-order valence-corrected chi connectivity index (χ0v) is 15.7. The van der Waals surface area contributed by atoms with Gasteiger partial charge in [0.25, 0.3) is 0 Å². The van der Waals surface area contributed by atoms with E-state index in [2.05, 4.69) is 0 Å². The molecule has 0 radical (unpaired) electrons. The van der Waals surface area contributed by atoms with Crippen LogP contribution in [0, 0.1) is 23.7 Å². The van der Waals surface area contributed by atoms with Crippen LogP contribution in [0.2, 0.25) is 0 Å². The number of esters is 1. The Morgan fingerprint density at radius 2 is 1.79 bits per heavy atom. The maximum atomic E-state index is 12.7. The number of imide groups is 1. The zero-order chi connectivity index (χ0) is 20.0. The molecule has 1 saturated carbocycles. The number of carbonyl (C=O) groups excluding carboxylic acids is 4. The Kier molecular flexibility index (Phi) is 4.53. The fraction of sp³-hybridized carbons (Fsp3) is 0.429. The van der Waals surface area contributed by atoms with Gasteiger partial charge in [-0.15, -0.1) is 0 Å². The minimum atomic E-state index is -1.05. The zero-order valence-electron chi connectivity index (χ0n) is 15.7. The van der Waals surface area contributed by atoms with Gasteiger partial charge >= 0.3 is 5.97 Å². The van der Waals surface area contributed by atoms with Crippen LogP contribution in [0.1, 0.15) is 23.7 Å². The Bertz CT molecular complexity index is 861. The van der Waals surface area contributed by atoms with Crippen molar-refractivity contribution in [2.75, 3.05) is 13.7 Å². The average Bonchev–Trinajstić information content (AvgIpc) is 3.39. The molecule has 7 heteroatoms. The summed E-state index contributed by atoms with van der Waals surface area (Å²) in [5.41, 5.74) is 0.352. The Hall–Kier alpha value is -2.96.